The summed E-state index contributed by atoms with van der Waals surface area (Å²) in [5, 5.41) is 4.02. The summed E-state index contributed by atoms with van der Waals surface area (Å²) < 4.78 is 5.64. The van der Waals surface area contributed by atoms with E-state index in [9.17, 15) is 4.79 Å². The van der Waals surface area contributed by atoms with E-state index in [0.717, 1.165) is 60.6 Å². The highest BCUT2D eigenvalue weighted by molar-refractivity contribution is 5.88. The number of fused-ring (bicyclic) bond motifs is 1. The van der Waals surface area contributed by atoms with Gasteiger partial charge in [0.1, 0.15) is 11.4 Å². The highest BCUT2D eigenvalue weighted by Crippen LogP contribution is 2.25. The van der Waals surface area contributed by atoms with Crippen molar-refractivity contribution in [2.75, 3.05) is 37.6 Å². The predicted molar refractivity (Wildman–Crippen MR) is 120 cm³/mol. The Balaban J connectivity index is 1.31. The molecule has 2 aromatic heterocycles. The summed E-state index contributed by atoms with van der Waals surface area (Å²) in [6.45, 7) is 12.1. The van der Waals surface area contributed by atoms with E-state index in [1.54, 1.807) is 6.26 Å². The molecular weight excluding hydrogens is 376 g/mol. The number of aryl methyl sites for hydroxylation is 2. The van der Waals surface area contributed by atoms with Crippen molar-refractivity contribution in [3.8, 4) is 0 Å². The number of carbonyl (C=O) groups excluding carboxylic acids is 1. The second-order valence-electron chi connectivity index (χ2n) is 8.09. The summed E-state index contributed by atoms with van der Waals surface area (Å²) in [6, 6.07) is 8.23. The molecule has 1 amide bonds. The number of furan rings is 1. The molecule has 1 aliphatic rings. The van der Waals surface area contributed by atoms with Crippen molar-refractivity contribution in [2.45, 2.75) is 33.7 Å². The van der Waals surface area contributed by atoms with Crippen molar-refractivity contribution < 1.29 is 9.21 Å². The van der Waals surface area contributed by atoms with Gasteiger partial charge in [-0.2, -0.15) is 0 Å². The molecule has 3 aromatic rings. The summed E-state index contributed by atoms with van der Waals surface area (Å²) in [5.74, 6) is 0.993. The van der Waals surface area contributed by atoms with Crippen LogP contribution in [0.4, 0.5) is 5.82 Å². The average Bonchev–Trinajstić information content (AvgIpc) is 3.14. The van der Waals surface area contributed by atoms with Gasteiger partial charge in [0.15, 0.2) is 0 Å². The minimum atomic E-state index is -0.0179. The molecule has 0 saturated carbocycles. The molecule has 0 bridgehead atoms. The number of amides is 1. The van der Waals surface area contributed by atoms with Crippen LogP contribution in [0, 0.1) is 13.8 Å². The summed E-state index contributed by atoms with van der Waals surface area (Å²) in [4.78, 5) is 21.8. The standard InChI is InChI=1S/C24H30N4O2/c1-4-27-7-9-28(10-8-27)23-6-5-19(14-25-23)15-26-24(29)13-20-16-30-22-12-18(3)17(2)11-21(20)22/h5-6,11-12,14,16H,4,7-10,13,15H2,1-3H3,(H,26,29). The molecule has 1 N–H and O–H groups in total. The van der Waals surface area contributed by atoms with Crippen molar-refractivity contribution in [1.29, 1.82) is 0 Å². The first-order valence-corrected chi connectivity index (χ1v) is 10.7. The normalized spacial score (nSPS) is 15.0. The lowest BCUT2D eigenvalue weighted by atomic mass is 10.0. The lowest BCUT2D eigenvalue weighted by Crippen LogP contribution is -2.46. The van der Waals surface area contributed by atoms with Gasteiger partial charge >= 0.3 is 0 Å². The molecule has 3 heterocycles. The number of anilines is 1. The van der Waals surface area contributed by atoms with Crippen LogP contribution in [-0.2, 0) is 17.8 Å². The SMILES string of the molecule is CCN1CCN(c2ccc(CNC(=O)Cc3coc4cc(C)c(C)cc34)cn2)CC1. The maximum absolute atomic E-state index is 12.5. The molecule has 1 aromatic carbocycles. The number of aromatic nitrogens is 1. The topological polar surface area (TPSA) is 61.6 Å². The monoisotopic (exact) mass is 406 g/mol. The van der Waals surface area contributed by atoms with E-state index in [4.69, 9.17) is 4.42 Å². The van der Waals surface area contributed by atoms with Crippen molar-refractivity contribution in [1.82, 2.24) is 15.2 Å². The van der Waals surface area contributed by atoms with Crippen molar-refractivity contribution in [3.05, 3.63) is 59.0 Å². The van der Waals surface area contributed by atoms with Gasteiger partial charge in [-0.1, -0.05) is 13.0 Å². The Hall–Kier alpha value is -2.86. The average molecular weight is 407 g/mol. The molecule has 6 nitrogen and oxygen atoms in total. The first kappa shape index (κ1) is 20.4. The molecule has 0 unspecified atom stereocenters. The van der Waals surface area contributed by atoms with Crippen LogP contribution < -0.4 is 10.2 Å². The van der Waals surface area contributed by atoms with Crippen LogP contribution in [0.3, 0.4) is 0 Å². The van der Waals surface area contributed by atoms with Gasteiger partial charge in [0.2, 0.25) is 5.91 Å². The van der Waals surface area contributed by atoms with Crippen molar-refractivity contribution >= 4 is 22.7 Å². The van der Waals surface area contributed by atoms with Crippen LogP contribution in [0.5, 0.6) is 0 Å². The molecule has 30 heavy (non-hydrogen) atoms. The number of carbonyl (C=O) groups is 1. The number of likely N-dealkylation sites (N-methyl/N-ethyl adjacent to an activating group) is 1. The van der Waals surface area contributed by atoms with Gasteiger partial charge in [-0.05, 0) is 55.3 Å². The van der Waals surface area contributed by atoms with Gasteiger partial charge in [-0.3, -0.25) is 4.79 Å². The van der Waals surface area contributed by atoms with Crippen LogP contribution in [0.25, 0.3) is 11.0 Å². The zero-order valence-corrected chi connectivity index (χ0v) is 18.1. The quantitative estimate of drug-likeness (QED) is 0.679. The van der Waals surface area contributed by atoms with E-state index in [1.165, 1.54) is 11.1 Å². The minimum Gasteiger partial charge on any atom is -0.464 e. The summed E-state index contributed by atoms with van der Waals surface area (Å²) >= 11 is 0. The fraction of sp³-hybridized carbons (Fsp3) is 0.417. The number of rotatable bonds is 6. The molecule has 0 aliphatic carbocycles. The number of benzene rings is 1. The van der Waals surface area contributed by atoms with Gasteiger partial charge in [0.25, 0.3) is 0 Å². The van der Waals surface area contributed by atoms with Crippen molar-refractivity contribution in [2.24, 2.45) is 0 Å². The van der Waals surface area contributed by atoms with Gasteiger partial charge in [0.05, 0.1) is 12.7 Å². The highest BCUT2D eigenvalue weighted by Gasteiger charge is 2.16. The Kier molecular flexibility index (Phi) is 6.04. The fourth-order valence-electron chi connectivity index (χ4n) is 3.91. The first-order valence-electron chi connectivity index (χ1n) is 10.7. The highest BCUT2D eigenvalue weighted by atomic mass is 16.3. The number of nitrogens with zero attached hydrogens (tertiary/aromatic N) is 3. The predicted octanol–water partition coefficient (Wildman–Crippen LogP) is 3.45. The Bertz CT molecular complexity index is 1020. The Morgan fingerprint density at radius 2 is 1.90 bits per heavy atom. The van der Waals surface area contributed by atoms with Gasteiger partial charge in [-0.15, -0.1) is 0 Å². The zero-order chi connectivity index (χ0) is 21.1. The van der Waals surface area contributed by atoms with E-state index in [1.807, 2.05) is 18.3 Å². The van der Waals surface area contributed by atoms with Gasteiger partial charge in [-0.25, -0.2) is 4.98 Å². The second kappa shape index (κ2) is 8.88. The minimum absolute atomic E-state index is 0.0179. The third kappa shape index (κ3) is 4.49. The molecule has 158 valence electrons. The van der Waals surface area contributed by atoms with Crippen LogP contribution >= 0.6 is 0 Å². The molecular formula is C24H30N4O2. The van der Waals surface area contributed by atoms with Crippen molar-refractivity contribution in [3.63, 3.8) is 0 Å². The Labute approximate surface area is 177 Å². The summed E-state index contributed by atoms with van der Waals surface area (Å²) in [5.41, 5.74) is 5.15. The first-order chi connectivity index (χ1) is 14.5. The molecule has 0 radical (unpaired) electrons. The fourth-order valence-corrected chi connectivity index (χ4v) is 3.91. The van der Waals surface area contributed by atoms with Gasteiger partial charge < -0.3 is 19.5 Å². The third-order valence-corrected chi connectivity index (χ3v) is 6.06. The number of pyridine rings is 1. The van der Waals surface area contributed by atoms with Crippen LogP contribution in [0.2, 0.25) is 0 Å². The van der Waals surface area contributed by atoms with E-state index in [-0.39, 0.29) is 5.91 Å². The van der Waals surface area contributed by atoms with E-state index in [0.29, 0.717) is 13.0 Å². The Morgan fingerprint density at radius 3 is 2.60 bits per heavy atom. The summed E-state index contributed by atoms with van der Waals surface area (Å²) in [7, 11) is 0. The third-order valence-electron chi connectivity index (χ3n) is 6.06. The smallest absolute Gasteiger partial charge is 0.224 e. The van der Waals surface area contributed by atoms with Crippen LogP contribution in [-0.4, -0.2) is 48.5 Å². The molecule has 1 saturated heterocycles. The molecule has 4 rings (SSSR count). The molecule has 1 aliphatic heterocycles. The zero-order valence-electron chi connectivity index (χ0n) is 18.1. The van der Waals surface area contributed by atoms with Crippen LogP contribution in [0.1, 0.15) is 29.2 Å². The van der Waals surface area contributed by atoms with Crippen LogP contribution in [0.15, 0.2) is 41.1 Å². The Morgan fingerprint density at radius 1 is 1.13 bits per heavy atom. The number of hydrogen-bond acceptors (Lipinski definition) is 5. The number of hydrogen-bond donors (Lipinski definition) is 1. The molecule has 1 fully saturated rings. The second-order valence-corrected chi connectivity index (χ2v) is 8.09. The number of piperazine rings is 1. The maximum Gasteiger partial charge on any atom is 0.224 e. The lowest BCUT2D eigenvalue weighted by Gasteiger charge is -2.34. The van der Waals surface area contributed by atoms with E-state index >= 15 is 0 Å². The molecule has 0 atom stereocenters. The largest absolute Gasteiger partial charge is 0.464 e. The maximum atomic E-state index is 12.5. The number of nitrogens with one attached hydrogen (secondary N) is 1. The lowest BCUT2D eigenvalue weighted by molar-refractivity contribution is -0.120. The molecule has 6 heteroatoms. The van der Waals surface area contributed by atoms with E-state index < -0.39 is 0 Å². The van der Waals surface area contributed by atoms with E-state index in [2.05, 4.69) is 53.0 Å². The molecule has 0 spiro atoms. The van der Waals surface area contributed by atoms with Gasteiger partial charge in [0, 0.05) is 49.9 Å². The summed E-state index contributed by atoms with van der Waals surface area (Å²) in [6.07, 6.45) is 3.86.